The summed E-state index contributed by atoms with van der Waals surface area (Å²) in [7, 11) is 0. The molecule has 0 spiro atoms. The topological polar surface area (TPSA) is 26.3 Å². The van der Waals surface area contributed by atoms with Crippen LogP contribution in [0.2, 0.25) is 0 Å². The minimum Gasteiger partial charge on any atom is -0.381 e. The van der Waals surface area contributed by atoms with Crippen molar-refractivity contribution in [2.24, 2.45) is 11.8 Å². The first kappa shape index (κ1) is 10.6. The average molecular weight is 158 g/mol. The molecule has 0 heterocycles. The molecule has 0 fully saturated rings. The third kappa shape index (κ3) is 4.14. The Balaban J connectivity index is 3.64. The minimum atomic E-state index is 0.0509. The van der Waals surface area contributed by atoms with Gasteiger partial charge in [0, 0.05) is 18.4 Å². The summed E-state index contributed by atoms with van der Waals surface area (Å²) in [6.45, 7) is 8.95. The molecule has 0 aromatic carbocycles. The van der Waals surface area contributed by atoms with Gasteiger partial charge in [0.15, 0.2) is 0 Å². The lowest BCUT2D eigenvalue weighted by molar-refractivity contribution is -0.127. The molecule has 0 aliphatic heterocycles. The normalized spacial score (nSPS) is 13.5. The summed E-state index contributed by atoms with van der Waals surface area (Å²) in [5.41, 5.74) is 0. The van der Waals surface area contributed by atoms with Crippen LogP contribution in [0.5, 0.6) is 0 Å². The fourth-order valence-corrected chi connectivity index (χ4v) is 0.946. The first-order valence-corrected chi connectivity index (χ1v) is 4.21. The third-order valence-corrected chi connectivity index (χ3v) is 1.63. The second kappa shape index (κ2) is 5.30. The van der Waals surface area contributed by atoms with Crippen molar-refractivity contribution in [3.63, 3.8) is 0 Å². The van der Waals surface area contributed by atoms with Gasteiger partial charge in [-0.15, -0.1) is 0 Å². The maximum absolute atomic E-state index is 11.3. The van der Waals surface area contributed by atoms with E-state index in [4.69, 9.17) is 4.74 Å². The second-order valence-electron chi connectivity index (χ2n) is 3.12. The highest BCUT2D eigenvalue weighted by molar-refractivity contribution is 5.82. The van der Waals surface area contributed by atoms with Crippen molar-refractivity contribution in [2.75, 3.05) is 13.2 Å². The number of hydrogen-bond donors (Lipinski definition) is 0. The van der Waals surface area contributed by atoms with Crippen molar-refractivity contribution in [2.45, 2.75) is 27.7 Å². The second-order valence-corrected chi connectivity index (χ2v) is 3.12. The zero-order valence-corrected chi connectivity index (χ0v) is 7.89. The zero-order chi connectivity index (χ0) is 8.85. The highest BCUT2D eigenvalue weighted by Crippen LogP contribution is 2.06. The average Bonchev–Trinajstić information content (AvgIpc) is 1.98. The van der Waals surface area contributed by atoms with Gasteiger partial charge in [0.2, 0.25) is 0 Å². The molecular formula is C9H18O2. The number of ether oxygens (including phenoxy) is 1. The Morgan fingerprint density at radius 3 is 2.27 bits per heavy atom. The van der Waals surface area contributed by atoms with E-state index in [-0.39, 0.29) is 11.8 Å². The summed E-state index contributed by atoms with van der Waals surface area (Å²) in [6, 6.07) is 0. The zero-order valence-electron chi connectivity index (χ0n) is 7.89. The Kier molecular flexibility index (Phi) is 5.12. The van der Waals surface area contributed by atoms with Gasteiger partial charge in [0.1, 0.15) is 5.78 Å². The van der Waals surface area contributed by atoms with Crippen LogP contribution in [0.25, 0.3) is 0 Å². The fraction of sp³-hybridized carbons (Fsp3) is 0.889. The fourth-order valence-electron chi connectivity index (χ4n) is 0.946. The first-order chi connectivity index (χ1) is 5.09. The van der Waals surface area contributed by atoms with Crippen molar-refractivity contribution in [1.82, 2.24) is 0 Å². The largest absolute Gasteiger partial charge is 0.381 e. The lowest BCUT2D eigenvalue weighted by Gasteiger charge is -2.11. The summed E-state index contributed by atoms with van der Waals surface area (Å²) in [5.74, 6) is 0.471. The minimum absolute atomic E-state index is 0.0509. The molecule has 0 aliphatic rings. The molecule has 0 amide bonds. The van der Waals surface area contributed by atoms with E-state index >= 15 is 0 Å². The van der Waals surface area contributed by atoms with E-state index in [0.29, 0.717) is 19.0 Å². The number of carbonyl (C=O) groups excluding carboxylic acids is 1. The van der Waals surface area contributed by atoms with Gasteiger partial charge >= 0.3 is 0 Å². The molecule has 0 rings (SSSR count). The van der Waals surface area contributed by atoms with Crippen LogP contribution in [0.4, 0.5) is 0 Å². The molecule has 0 saturated heterocycles. The maximum Gasteiger partial charge on any atom is 0.140 e. The molecule has 0 radical (unpaired) electrons. The highest BCUT2D eigenvalue weighted by Gasteiger charge is 2.15. The molecule has 2 heteroatoms. The van der Waals surface area contributed by atoms with Gasteiger partial charge in [-0.3, -0.25) is 4.79 Å². The van der Waals surface area contributed by atoms with E-state index < -0.39 is 0 Å². The smallest absolute Gasteiger partial charge is 0.140 e. The number of hydrogen-bond acceptors (Lipinski definition) is 2. The van der Waals surface area contributed by atoms with Gasteiger partial charge in [0.25, 0.3) is 0 Å². The van der Waals surface area contributed by atoms with Crippen LogP contribution in [-0.2, 0) is 9.53 Å². The van der Waals surface area contributed by atoms with E-state index in [1.165, 1.54) is 0 Å². The predicted molar refractivity (Wildman–Crippen MR) is 45.5 cm³/mol. The van der Waals surface area contributed by atoms with Crippen LogP contribution < -0.4 is 0 Å². The quantitative estimate of drug-likeness (QED) is 0.610. The molecule has 0 bridgehead atoms. The standard InChI is InChI=1S/C9H18O2/c1-5-11-6-8(4)9(10)7(2)3/h7-8H,5-6H2,1-4H3. The van der Waals surface area contributed by atoms with Gasteiger partial charge in [-0.2, -0.15) is 0 Å². The maximum atomic E-state index is 11.3. The van der Waals surface area contributed by atoms with Crippen LogP contribution in [0, 0.1) is 11.8 Å². The van der Waals surface area contributed by atoms with Crippen molar-refractivity contribution >= 4 is 5.78 Å². The molecule has 11 heavy (non-hydrogen) atoms. The Bertz CT molecular complexity index is 119. The molecule has 0 aromatic heterocycles. The van der Waals surface area contributed by atoms with E-state index in [9.17, 15) is 4.79 Å². The number of rotatable bonds is 5. The molecule has 2 nitrogen and oxygen atoms in total. The lowest BCUT2D eigenvalue weighted by Crippen LogP contribution is -2.21. The predicted octanol–water partition coefficient (Wildman–Crippen LogP) is 1.88. The van der Waals surface area contributed by atoms with Crippen LogP contribution in [-0.4, -0.2) is 19.0 Å². The van der Waals surface area contributed by atoms with Gasteiger partial charge in [-0.05, 0) is 6.92 Å². The number of ketones is 1. The van der Waals surface area contributed by atoms with Crippen LogP contribution in [0.15, 0.2) is 0 Å². The van der Waals surface area contributed by atoms with Gasteiger partial charge < -0.3 is 4.74 Å². The first-order valence-electron chi connectivity index (χ1n) is 4.21. The molecular weight excluding hydrogens is 140 g/mol. The van der Waals surface area contributed by atoms with Crippen LogP contribution in [0.3, 0.4) is 0 Å². The Morgan fingerprint density at radius 2 is 1.91 bits per heavy atom. The van der Waals surface area contributed by atoms with Crippen LogP contribution in [0.1, 0.15) is 27.7 Å². The van der Waals surface area contributed by atoms with E-state index in [0.717, 1.165) is 0 Å². The molecule has 1 atom stereocenters. The lowest BCUT2D eigenvalue weighted by atomic mass is 9.98. The summed E-state index contributed by atoms with van der Waals surface area (Å²) in [4.78, 5) is 11.3. The summed E-state index contributed by atoms with van der Waals surface area (Å²) in [5, 5.41) is 0. The summed E-state index contributed by atoms with van der Waals surface area (Å²) >= 11 is 0. The monoisotopic (exact) mass is 158 g/mol. The Hall–Kier alpha value is -0.370. The van der Waals surface area contributed by atoms with Crippen LogP contribution >= 0.6 is 0 Å². The number of carbonyl (C=O) groups is 1. The highest BCUT2D eigenvalue weighted by atomic mass is 16.5. The molecule has 0 N–H and O–H groups in total. The SMILES string of the molecule is CCOCC(C)C(=O)C(C)C. The molecule has 0 aliphatic carbocycles. The molecule has 66 valence electrons. The van der Waals surface area contributed by atoms with Crippen molar-refractivity contribution < 1.29 is 9.53 Å². The van der Waals surface area contributed by atoms with Crippen molar-refractivity contribution in [1.29, 1.82) is 0 Å². The van der Waals surface area contributed by atoms with E-state index in [1.807, 2.05) is 27.7 Å². The van der Waals surface area contributed by atoms with Crippen molar-refractivity contribution in [3.8, 4) is 0 Å². The van der Waals surface area contributed by atoms with E-state index in [1.54, 1.807) is 0 Å². The third-order valence-electron chi connectivity index (χ3n) is 1.63. The van der Waals surface area contributed by atoms with Crippen molar-refractivity contribution in [3.05, 3.63) is 0 Å². The molecule has 0 saturated carbocycles. The molecule has 0 aromatic rings. The van der Waals surface area contributed by atoms with Gasteiger partial charge in [0.05, 0.1) is 6.61 Å². The number of Topliss-reactive ketones (excluding diaryl/α,β-unsaturated/α-hetero) is 1. The van der Waals surface area contributed by atoms with E-state index in [2.05, 4.69) is 0 Å². The van der Waals surface area contributed by atoms with Gasteiger partial charge in [-0.25, -0.2) is 0 Å². The van der Waals surface area contributed by atoms with Gasteiger partial charge in [-0.1, -0.05) is 20.8 Å². The molecule has 1 unspecified atom stereocenters. The Labute approximate surface area is 68.9 Å². The summed E-state index contributed by atoms with van der Waals surface area (Å²) in [6.07, 6.45) is 0. The summed E-state index contributed by atoms with van der Waals surface area (Å²) < 4.78 is 5.15. The Morgan fingerprint density at radius 1 is 1.36 bits per heavy atom.